The van der Waals surface area contributed by atoms with Crippen LogP contribution < -0.4 is 10.6 Å². The Kier molecular flexibility index (Phi) is 4.49. The van der Waals surface area contributed by atoms with Crippen LogP contribution in [-0.2, 0) is 4.74 Å². The highest BCUT2D eigenvalue weighted by Gasteiger charge is 2.18. The number of benzene rings is 1. The number of hydrogen-bond acceptors (Lipinski definition) is 4. The number of ether oxygens (including phenoxy) is 1. The van der Waals surface area contributed by atoms with Gasteiger partial charge in [0.05, 0.1) is 17.5 Å². The molecule has 0 spiro atoms. The molecule has 1 atom stereocenters. The zero-order valence-corrected chi connectivity index (χ0v) is 12.4. The van der Waals surface area contributed by atoms with Gasteiger partial charge < -0.3 is 20.3 Å². The van der Waals surface area contributed by atoms with Crippen LogP contribution in [0.4, 0.5) is 11.4 Å². The summed E-state index contributed by atoms with van der Waals surface area (Å²) < 4.78 is 5.64. The molecule has 5 heteroatoms. The van der Waals surface area contributed by atoms with Gasteiger partial charge in [0.15, 0.2) is 0 Å². The van der Waals surface area contributed by atoms with E-state index in [1.165, 1.54) is 0 Å². The van der Waals surface area contributed by atoms with Gasteiger partial charge in [0.1, 0.15) is 0 Å². The summed E-state index contributed by atoms with van der Waals surface area (Å²) in [7, 11) is 3.47. The summed E-state index contributed by atoms with van der Waals surface area (Å²) >= 11 is 0. The van der Waals surface area contributed by atoms with Gasteiger partial charge in [-0.3, -0.25) is 4.79 Å². The molecule has 2 rings (SSSR count). The van der Waals surface area contributed by atoms with E-state index in [1.54, 1.807) is 25.1 Å². The molecule has 0 radical (unpaired) electrons. The first-order chi connectivity index (χ1) is 9.49. The van der Waals surface area contributed by atoms with E-state index in [9.17, 15) is 4.79 Å². The molecule has 20 heavy (non-hydrogen) atoms. The molecule has 0 aromatic heterocycles. The first-order valence-corrected chi connectivity index (χ1v) is 6.96. The second-order valence-corrected chi connectivity index (χ2v) is 5.45. The van der Waals surface area contributed by atoms with Crippen molar-refractivity contribution in [3.05, 3.63) is 23.8 Å². The number of carbonyl (C=O) groups is 1. The van der Waals surface area contributed by atoms with Crippen molar-refractivity contribution in [2.75, 3.05) is 44.4 Å². The van der Waals surface area contributed by atoms with Gasteiger partial charge in [-0.15, -0.1) is 0 Å². The molecule has 1 aromatic carbocycles. The highest BCUT2D eigenvalue weighted by molar-refractivity contribution is 5.95. The Hall–Kier alpha value is -1.75. The number of nitrogens with two attached hydrogens (primary N) is 1. The van der Waals surface area contributed by atoms with Crippen LogP contribution in [0.15, 0.2) is 18.2 Å². The number of rotatable bonds is 2. The van der Waals surface area contributed by atoms with E-state index in [0.29, 0.717) is 11.3 Å². The van der Waals surface area contributed by atoms with E-state index in [4.69, 9.17) is 10.5 Å². The molecule has 1 saturated heterocycles. The molecule has 110 valence electrons. The van der Waals surface area contributed by atoms with Gasteiger partial charge in [-0.1, -0.05) is 0 Å². The first-order valence-electron chi connectivity index (χ1n) is 6.96. The zero-order valence-electron chi connectivity index (χ0n) is 12.4. The summed E-state index contributed by atoms with van der Waals surface area (Å²) in [4.78, 5) is 15.7. The Bertz CT molecular complexity index is 488. The molecule has 1 unspecified atom stereocenters. The molecule has 2 N–H and O–H groups in total. The van der Waals surface area contributed by atoms with Gasteiger partial charge in [0.2, 0.25) is 0 Å². The van der Waals surface area contributed by atoms with Crippen LogP contribution in [0.5, 0.6) is 0 Å². The highest BCUT2D eigenvalue weighted by Crippen LogP contribution is 2.26. The number of nitrogen functional groups attached to an aromatic ring is 1. The van der Waals surface area contributed by atoms with E-state index in [0.717, 1.165) is 31.8 Å². The van der Waals surface area contributed by atoms with Crippen LogP contribution in [-0.4, -0.2) is 50.7 Å². The van der Waals surface area contributed by atoms with Crippen LogP contribution in [0.25, 0.3) is 0 Å². The topological polar surface area (TPSA) is 58.8 Å². The number of amides is 1. The molecule has 1 aromatic rings. The van der Waals surface area contributed by atoms with Gasteiger partial charge in [0, 0.05) is 39.4 Å². The molecule has 0 saturated carbocycles. The minimum atomic E-state index is -0.0317. The summed E-state index contributed by atoms with van der Waals surface area (Å²) in [6.07, 6.45) is 1.18. The van der Waals surface area contributed by atoms with E-state index in [2.05, 4.69) is 11.8 Å². The number of hydrogen-bond donors (Lipinski definition) is 1. The van der Waals surface area contributed by atoms with Crippen molar-refractivity contribution < 1.29 is 9.53 Å². The van der Waals surface area contributed by atoms with Gasteiger partial charge >= 0.3 is 0 Å². The van der Waals surface area contributed by atoms with Crippen molar-refractivity contribution in [2.24, 2.45) is 0 Å². The SMILES string of the molecule is CC1CN(c2ccc(C(=O)N(C)C)cc2N)CCCO1. The van der Waals surface area contributed by atoms with Crippen LogP contribution in [0, 0.1) is 0 Å². The Morgan fingerprint density at radius 2 is 2.20 bits per heavy atom. The summed E-state index contributed by atoms with van der Waals surface area (Å²) in [5.41, 5.74) is 8.38. The molecule has 0 aliphatic carbocycles. The van der Waals surface area contributed by atoms with E-state index in [1.807, 2.05) is 12.1 Å². The van der Waals surface area contributed by atoms with Crippen molar-refractivity contribution in [3.8, 4) is 0 Å². The average molecular weight is 277 g/mol. The second kappa shape index (κ2) is 6.13. The molecule has 5 nitrogen and oxygen atoms in total. The van der Waals surface area contributed by atoms with E-state index >= 15 is 0 Å². The van der Waals surface area contributed by atoms with Crippen LogP contribution in [0.1, 0.15) is 23.7 Å². The molecule has 1 fully saturated rings. The predicted molar refractivity (Wildman–Crippen MR) is 81.1 cm³/mol. The third-order valence-corrected chi connectivity index (χ3v) is 3.47. The van der Waals surface area contributed by atoms with Gasteiger partial charge in [0.25, 0.3) is 5.91 Å². The molecule has 1 aliphatic heterocycles. The minimum Gasteiger partial charge on any atom is -0.397 e. The monoisotopic (exact) mass is 277 g/mol. The maximum absolute atomic E-state index is 11.9. The molecule has 0 bridgehead atoms. The molecule has 1 amide bonds. The third-order valence-electron chi connectivity index (χ3n) is 3.47. The summed E-state index contributed by atoms with van der Waals surface area (Å²) in [5, 5.41) is 0. The quantitative estimate of drug-likeness (QED) is 0.834. The number of anilines is 2. The van der Waals surface area contributed by atoms with Gasteiger partial charge in [-0.05, 0) is 31.5 Å². The first kappa shape index (κ1) is 14.7. The molecule has 1 aliphatic rings. The fourth-order valence-electron chi connectivity index (χ4n) is 2.45. The van der Waals surface area contributed by atoms with Crippen molar-refractivity contribution in [1.82, 2.24) is 4.90 Å². The van der Waals surface area contributed by atoms with Crippen molar-refractivity contribution in [2.45, 2.75) is 19.4 Å². The molecular formula is C15H23N3O2. The lowest BCUT2D eigenvalue weighted by Gasteiger charge is -2.26. The predicted octanol–water partition coefficient (Wildman–Crippen LogP) is 1.59. The van der Waals surface area contributed by atoms with Crippen molar-refractivity contribution in [1.29, 1.82) is 0 Å². The zero-order chi connectivity index (χ0) is 14.7. The van der Waals surface area contributed by atoms with Gasteiger partial charge in [-0.2, -0.15) is 0 Å². The lowest BCUT2D eigenvalue weighted by atomic mass is 10.1. The fraction of sp³-hybridized carbons (Fsp3) is 0.533. The Balaban J connectivity index is 2.22. The normalized spacial score (nSPS) is 19.6. The standard InChI is InChI=1S/C15H23N3O2/c1-11-10-18(7-4-8-20-11)14-6-5-12(9-13(14)16)15(19)17(2)3/h5-6,9,11H,4,7-8,10,16H2,1-3H3. The van der Waals surface area contributed by atoms with Crippen LogP contribution in [0.2, 0.25) is 0 Å². The lowest BCUT2D eigenvalue weighted by Crippen LogP contribution is -2.31. The minimum absolute atomic E-state index is 0.0317. The maximum atomic E-state index is 11.9. The fourth-order valence-corrected chi connectivity index (χ4v) is 2.45. The lowest BCUT2D eigenvalue weighted by molar-refractivity contribution is 0.0818. The third kappa shape index (κ3) is 3.22. The summed E-state index contributed by atoms with van der Waals surface area (Å²) in [6.45, 7) is 4.61. The second-order valence-electron chi connectivity index (χ2n) is 5.45. The number of carbonyl (C=O) groups excluding carboxylic acids is 1. The summed E-state index contributed by atoms with van der Waals surface area (Å²) in [5.74, 6) is -0.0317. The van der Waals surface area contributed by atoms with Crippen molar-refractivity contribution in [3.63, 3.8) is 0 Å². The highest BCUT2D eigenvalue weighted by atomic mass is 16.5. The van der Waals surface area contributed by atoms with E-state index in [-0.39, 0.29) is 12.0 Å². The summed E-state index contributed by atoms with van der Waals surface area (Å²) in [6, 6.07) is 5.53. The Morgan fingerprint density at radius 3 is 2.85 bits per heavy atom. The average Bonchev–Trinajstić information content (AvgIpc) is 2.62. The largest absolute Gasteiger partial charge is 0.397 e. The van der Waals surface area contributed by atoms with Crippen molar-refractivity contribution >= 4 is 17.3 Å². The molecular weight excluding hydrogens is 254 g/mol. The van der Waals surface area contributed by atoms with Crippen LogP contribution in [0.3, 0.4) is 0 Å². The number of nitrogens with zero attached hydrogens (tertiary/aromatic N) is 2. The van der Waals surface area contributed by atoms with E-state index < -0.39 is 0 Å². The van der Waals surface area contributed by atoms with Gasteiger partial charge in [-0.25, -0.2) is 0 Å². The smallest absolute Gasteiger partial charge is 0.253 e. The molecule has 1 heterocycles. The van der Waals surface area contributed by atoms with Crippen LogP contribution >= 0.6 is 0 Å². The Labute approximate surface area is 120 Å². The maximum Gasteiger partial charge on any atom is 0.253 e. The Morgan fingerprint density at radius 1 is 1.45 bits per heavy atom.